The van der Waals surface area contributed by atoms with Gasteiger partial charge in [0.2, 0.25) is 10.0 Å². The van der Waals surface area contributed by atoms with E-state index in [2.05, 4.69) is 27.4 Å². The minimum absolute atomic E-state index is 0.213. The molecule has 0 unspecified atom stereocenters. The van der Waals surface area contributed by atoms with Gasteiger partial charge in [-0.25, -0.2) is 13.4 Å². The standard InChI is InChI=1S/C30H25N5O3S/c1-39(37,38)35-14-11-21-5-6-24(16-29(21)35)30(36)33-19-26-17-28-25(18-32-26)7-8-27(34-28)23-4-2-3-22(15-23)20-9-12-31-13-10-20/h2-10,12-13,15-18H,11,14,19H2,1H3,(H,33,36). The van der Waals surface area contributed by atoms with Gasteiger partial charge in [-0.3, -0.25) is 19.1 Å². The first-order chi connectivity index (χ1) is 18.8. The molecule has 0 radical (unpaired) electrons. The first-order valence-corrected chi connectivity index (χ1v) is 14.4. The summed E-state index contributed by atoms with van der Waals surface area (Å²) in [5.41, 5.74) is 7.35. The van der Waals surface area contributed by atoms with Gasteiger partial charge >= 0.3 is 0 Å². The van der Waals surface area contributed by atoms with E-state index in [1.807, 2.05) is 48.5 Å². The molecule has 0 atom stereocenters. The number of carbonyl (C=O) groups is 1. The lowest BCUT2D eigenvalue weighted by Gasteiger charge is -2.17. The molecule has 8 nitrogen and oxygen atoms in total. The van der Waals surface area contributed by atoms with Crippen LogP contribution >= 0.6 is 0 Å². The molecular weight excluding hydrogens is 510 g/mol. The van der Waals surface area contributed by atoms with Crippen molar-refractivity contribution in [3.63, 3.8) is 0 Å². The SMILES string of the molecule is CS(=O)(=O)N1CCc2ccc(C(=O)NCc3cc4nc(-c5cccc(-c6ccncc6)c5)ccc4cn3)cc21. The Morgan fingerprint density at radius 2 is 1.77 bits per heavy atom. The maximum Gasteiger partial charge on any atom is 0.251 e. The smallest absolute Gasteiger partial charge is 0.251 e. The number of hydrogen-bond donors (Lipinski definition) is 1. The molecule has 0 saturated heterocycles. The third kappa shape index (κ3) is 5.08. The largest absolute Gasteiger partial charge is 0.346 e. The van der Waals surface area contributed by atoms with Gasteiger partial charge in [0.15, 0.2) is 0 Å². The van der Waals surface area contributed by atoms with Crippen molar-refractivity contribution in [3.8, 4) is 22.4 Å². The maximum absolute atomic E-state index is 12.9. The van der Waals surface area contributed by atoms with Gasteiger partial charge in [-0.05, 0) is 71.6 Å². The number of carbonyl (C=O) groups excluding carboxylic acids is 1. The van der Waals surface area contributed by atoms with Gasteiger partial charge in [0.05, 0.1) is 35.4 Å². The highest BCUT2D eigenvalue weighted by atomic mass is 32.2. The van der Waals surface area contributed by atoms with Gasteiger partial charge in [-0.1, -0.05) is 24.3 Å². The van der Waals surface area contributed by atoms with Gasteiger partial charge in [-0.2, -0.15) is 0 Å². The Morgan fingerprint density at radius 1 is 0.949 bits per heavy atom. The van der Waals surface area contributed by atoms with E-state index >= 15 is 0 Å². The quantitative estimate of drug-likeness (QED) is 0.340. The molecule has 2 aromatic carbocycles. The van der Waals surface area contributed by atoms with E-state index in [4.69, 9.17) is 4.98 Å². The van der Waals surface area contributed by atoms with Crippen LogP contribution < -0.4 is 9.62 Å². The summed E-state index contributed by atoms with van der Waals surface area (Å²) in [5.74, 6) is -0.297. The first-order valence-electron chi connectivity index (χ1n) is 12.5. The lowest BCUT2D eigenvalue weighted by molar-refractivity contribution is 0.0950. The summed E-state index contributed by atoms with van der Waals surface area (Å²) in [5, 5.41) is 3.80. The van der Waals surface area contributed by atoms with Crippen molar-refractivity contribution in [2.75, 3.05) is 17.1 Å². The third-order valence-corrected chi connectivity index (χ3v) is 8.01. The molecule has 194 valence electrons. The monoisotopic (exact) mass is 535 g/mol. The molecule has 3 aromatic heterocycles. The van der Waals surface area contributed by atoms with Crippen molar-refractivity contribution in [3.05, 3.63) is 108 Å². The van der Waals surface area contributed by atoms with Crippen LogP contribution in [0.1, 0.15) is 21.6 Å². The van der Waals surface area contributed by atoms with Crippen molar-refractivity contribution < 1.29 is 13.2 Å². The average Bonchev–Trinajstić information content (AvgIpc) is 3.40. The molecule has 1 aliphatic rings. The fourth-order valence-corrected chi connectivity index (χ4v) is 5.78. The lowest BCUT2D eigenvalue weighted by Crippen LogP contribution is -2.28. The summed E-state index contributed by atoms with van der Waals surface area (Å²) in [4.78, 5) is 26.3. The van der Waals surface area contributed by atoms with E-state index in [9.17, 15) is 13.2 Å². The van der Waals surface area contributed by atoms with Crippen LogP contribution in [-0.4, -0.2) is 42.1 Å². The number of pyridine rings is 3. The number of rotatable bonds is 6. The molecule has 39 heavy (non-hydrogen) atoms. The van der Waals surface area contributed by atoms with E-state index in [0.717, 1.165) is 38.9 Å². The summed E-state index contributed by atoms with van der Waals surface area (Å²) >= 11 is 0. The van der Waals surface area contributed by atoms with Gasteiger partial charge < -0.3 is 5.32 Å². The Morgan fingerprint density at radius 3 is 2.59 bits per heavy atom. The Hall–Kier alpha value is -4.63. The zero-order valence-electron chi connectivity index (χ0n) is 21.2. The molecule has 0 aliphatic carbocycles. The average molecular weight is 536 g/mol. The van der Waals surface area contributed by atoms with E-state index in [-0.39, 0.29) is 12.5 Å². The topological polar surface area (TPSA) is 105 Å². The second kappa shape index (κ2) is 9.92. The van der Waals surface area contributed by atoms with Gasteiger partial charge in [0.1, 0.15) is 0 Å². The highest BCUT2D eigenvalue weighted by Crippen LogP contribution is 2.31. The lowest BCUT2D eigenvalue weighted by atomic mass is 10.0. The van der Waals surface area contributed by atoms with Crippen LogP contribution in [0.4, 0.5) is 5.69 Å². The van der Waals surface area contributed by atoms with Crippen molar-refractivity contribution in [2.24, 2.45) is 0 Å². The number of sulfonamides is 1. The Labute approximate surface area is 226 Å². The fourth-order valence-electron chi connectivity index (χ4n) is 4.83. The molecule has 5 aromatic rings. The maximum atomic E-state index is 12.9. The number of benzene rings is 2. The number of fused-ring (bicyclic) bond motifs is 2. The third-order valence-electron chi connectivity index (χ3n) is 6.83. The Balaban J connectivity index is 1.21. The predicted molar refractivity (Wildman–Crippen MR) is 152 cm³/mol. The van der Waals surface area contributed by atoms with Gasteiger partial charge in [-0.15, -0.1) is 0 Å². The summed E-state index contributed by atoms with van der Waals surface area (Å²) < 4.78 is 25.5. The highest BCUT2D eigenvalue weighted by Gasteiger charge is 2.27. The second-order valence-corrected chi connectivity index (χ2v) is 11.4. The van der Waals surface area contributed by atoms with Crippen LogP contribution in [-0.2, 0) is 23.0 Å². The normalized spacial score (nSPS) is 12.9. The van der Waals surface area contributed by atoms with Gasteiger partial charge in [0, 0.05) is 41.6 Å². The number of nitrogens with one attached hydrogen (secondary N) is 1. The van der Waals surface area contributed by atoms with Crippen molar-refractivity contribution >= 4 is 32.5 Å². The molecule has 9 heteroatoms. The number of hydrogen-bond acceptors (Lipinski definition) is 6. The van der Waals surface area contributed by atoms with Crippen molar-refractivity contribution in [1.29, 1.82) is 0 Å². The highest BCUT2D eigenvalue weighted by molar-refractivity contribution is 7.92. The van der Waals surface area contributed by atoms with Crippen LogP contribution in [0.25, 0.3) is 33.3 Å². The zero-order chi connectivity index (χ0) is 27.0. The van der Waals surface area contributed by atoms with Crippen molar-refractivity contribution in [2.45, 2.75) is 13.0 Å². The molecule has 1 aliphatic heterocycles. The summed E-state index contributed by atoms with van der Waals surface area (Å²) in [7, 11) is -3.39. The predicted octanol–water partition coefficient (Wildman–Crippen LogP) is 4.61. The molecule has 0 spiro atoms. The molecule has 4 heterocycles. The Kier molecular flexibility index (Phi) is 6.28. The Bertz CT molecular complexity index is 1820. The van der Waals surface area contributed by atoms with E-state index < -0.39 is 10.0 Å². The number of aromatic nitrogens is 3. The van der Waals surface area contributed by atoms with E-state index in [0.29, 0.717) is 29.9 Å². The summed E-state index contributed by atoms with van der Waals surface area (Å²) in [6.07, 6.45) is 7.11. The van der Waals surface area contributed by atoms with Crippen LogP contribution in [0.3, 0.4) is 0 Å². The number of amides is 1. The van der Waals surface area contributed by atoms with E-state index in [1.165, 1.54) is 10.6 Å². The van der Waals surface area contributed by atoms with E-state index in [1.54, 1.807) is 30.7 Å². The molecule has 6 rings (SSSR count). The zero-order valence-corrected chi connectivity index (χ0v) is 22.0. The first kappa shape index (κ1) is 24.7. The number of anilines is 1. The van der Waals surface area contributed by atoms with Crippen LogP contribution in [0.5, 0.6) is 0 Å². The minimum Gasteiger partial charge on any atom is -0.346 e. The van der Waals surface area contributed by atoms with Crippen LogP contribution in [0.15, 0.2) is 91.4 Å². The van der Waals surface area contributed by atoms with Gasteiger partial charge in [0.25, 0.3) is 5.91 Å². The van der Waals surface area contributed by atoms with Crippen LogP contribution in [0, 0.1) is 0 Å². The fraction of sp³-hybridized carbons (Fsp3) is 0.133. The molecule has 0 saturated carbocycles. The molecule has 0 fully saturated rings. The summed E-state index contributed by atoms with van der Waals surface area (Å²) in [6.45, 7) is 0.606. The molecule has 1 amide bonds. The minimum atomic E-state index is -3.39. The molecule has 0 bridgehead atoms. The summed E-state index contributed by atoms with van der Waals surface area (Å²) in [6, 6.07) is 23.2. The molecular formula is C30H25N5O3S. The molecule has 1 N–H and O–H groups in total. The van der Waals surface area contributed by atoms with Crippen molar-refractivity contribution in [1.82, 2.24) is 20.3 Å². The second-order valence-electron chi connectivity index (χ2n) is 9.49. The number of nitrogens with zero attached hydrogens (tertiary/aromatic N) is 4. The van der Waals surface area contributed by atoms with Crippen LogP contribution in [0.2, 0.25) is 0 Å².